The molecule has 1 atom stereocenters. The van der Waals surface area contributed by atoms with Crippen LogP contribution in [-0.4, -0.2) is 21.8 Å². The van der Waals surface area contributed by atoms with Crippen molar-refractivity contribution in [2.75, 3.05) is 11.1 Å². The van der Waals surface area contributed by atoms with E-state index in [0.29, 0.717) is 5.56 Å². The highest BCUT2D eigenvalue weighted by molar-refractivity contribution is 6.31. The molecule has 1 aromatic heterocycles. The van der Waals surface area contributed by atoms with E-state index in [2.05, 4.69) is 22.1 Å². The van der Waals surface area contributed by atoms with E-state index < -0.39 is 23.3 Å². The summed E-state index contributed by atoms with van der Waals surface area (Å²) in [7, 11) is 0. The number of aromatic nitrogens is 2. The van der Waals surface area contributed by atoms with Crippen molar-refractivity contribution in [1.29, 1.82) is 0 Å². The molecule has 2 aliphatic rings. The molecule has 0 saturated heterocycles. The first-order valence-corrected chi connectivity index (χ1v) is 9.30. The topological polar surface area (TPSA) is 102 Å². The Morgan fingerprint density at radius 2 is 2.03 bits per heavy atom. The van der Waals surface area contributed by atoms with Crippen LogP contribution in [0.2, 0.25) is 5.02 Å². The fourth-order valence-corrected chi connectivity index (χ4v) is 3.34. The number of benzene rings is 1. The number of anilines is 2. The predicted octanol–water partition coefficient (Wildman–Crippen LogP) is 2.83. The van der Waals surface area contributed by atoms with Crippen LogP contribution in [0.4, 0.5) is 29.5 Å². The van der Waals surface area contributed by atoms with Crippen molar-refractivity contribution in [1.82, 2.24) is 14.9 Å². The molecule has 2 heterocycles. The van der Waals surface area contributed by atoms with Crippen molar-refractivity contribution in [3.8, 4) is 11.8 Å². The molecule has 0 unspecified atom stereocenters. The van der Waals surface area contributed by atoms with Crippen molar-refractivity contribution < 1.29 is 18.0 Å². The summed E-state index contributed by atoms with van der Waals surface area (Å²) in [5, 5.41) is 4.29. The van der Waals surface area contributed by atoms with Crippen LogP contribution in [0.25, 0.3) is 0 Å². The molecule has 1 aliphatic heterocycles. The summed E-state index contributed by atoms with van der Waals surface area (Å²) in [6.45, 7) is -0.0751. The van der Waals surface area contributed by atoms with Crippen LogP contribution in [0.5, 0.6) is 0 Å². The van der Waals surface area contributed by atoms with E-state index in [1.54, 1.807) is 0 Å². The van der Waals surface area contributed by atoms with Gasteiger partial charge in [0.05, 0.1) is 6.54 Å². The Morgan fingerprint density at radius 3 is 2.67 bits per heavy atom. The molecular weight excluding hydrogens is 423 g/mol. The SMILES string of the molecule is Nc1cc(=O)n(Cc2cc3c(cc2Cl)[C@@](C#CC2CC2)(C(F)(F)F)NC(=O)N3)cn1. The number of halogens is 4. The fourth-order valence-electron chi connectivity index (χ4n) is 3.12. The average Bonchev–Trinajstić information content (AvgIpc) is 3.46. The van der Waals surface area contributed by atoms with Crippen LogP contribution in [0.1, 0.15) is 24.0 Å². The summed E-state index contributed by atoms with van der Waals surface area (Å²) in [5.41, 5.74) is 2.05. The van der Waals surface area contributed by atoms with Crippen LogP contribution in [-0.2, 0) is 12.1 Å². The quantitative estimate of drug-likeness (QED) is 0.629. The van der Waals surface area contributed by atoms with Gasteiger partial charge in [-0.25, -0.2) is 9.78 Å². The first kappa shape index (κ1) is 20.1. The molecule has 4 N–H and O–H groups in total. The number of nitrogens with one attached hydrogen (secondary N) is 2. The highest BCUT2D eigenvalue weighted by Crippen LogP contribution is 2.45. The second-order valence-electron chi connectivity index (χ2n) is 7.14. The maximum absolute atomic E-state index is 14.1. The van der Waals surface area contributed by atoms with E-state index in [1.165, 1.54) is 17.0 Å². The largest absolute Gasteiger partial charge is 0.427 e. The second kappa shape index (κ2) is 6.95. The first-order chi connectivity index (χ1) is 14.1. The Morgan fingerprint density at radius 1 is 1.30 bits per heavy atom. The molecule has 1 aliphatic carbocycles. The van der Waals surface area contributed by atoms with Gasteiger partial charge in [0, 0.05) is 28.3 Å². The predicted molar refractivity (Wildman–Crippen MR) is 104 cm³/mol. The second-order valence-corrected chi connectivity index (χ2v) is 7.55. The molecule has 2 aromatic rings. The third-order valence-electron chi connectivity index (χ3n) is 4.85. The normalized spacial score (nSPS) is 20.5. The van der Waals surface area contributed by atoms with Crippen molar-refractivity contribution in [3.05, 3.63) is 51.0 Å². The van der Waals surface area contributed by atoms with Crippen LogP contribution < -0.4 is 21.9 Å². The number of nitrogens with two attached hydrogens (primary N) is 1. The molecule has 1 aromatic carbocycles. The standard InChI is InChI=1S/C19H15ClF3N5O2/c20-13-6-12-14(5-11(13)8-28-9-25-15(24)7-16(28)29)26-17(30)27-18(12,19(21,22)23)4-3-10-1-2-10/h5-7,9-10H,1-2,8,24H2,(H2,26,27,30)/t18-/m0/s1. The lowest BCUT2D eigenvalue weighted by Gasteiger charge is -2.37. The van der Waals surface area contributed by atoms with Gasteiger partial charge in [-0.05, 0) is 30.5 Å². The minimum Gasteiger partial charge on any atom is -0.383 e. The van der Waals surface area contributed by atoms with Gasteiger partial charge in [-0.15, -0.1) is 0 Å². The maximum atomic E-state index is 14.1. The van der Waals surface area contributed by atoms with E-state index >= 15 is 0 Å². The maximum Gasteiger partial charge on any atom is 0.427 e. The zero-order chi connectivity index (χ0) is 21.7. The van der Waals surface area contributed by atoms with Gasteiger partial charge < -0.3 is 16.4 Å². The summed E-state index contributed by atoms with van der Waals surface area (Å²) in [5.74, 6) is 4.78. The van der Waals surface area contributed by atoms with E-state index in [9.17, 15) is 22.8 Å². The van der Waals surface area contributed by atoms with Gasteiger partial charge in [0.25, 0.3) is 5.56 Å². The molecule has 1 saturated carbocycles. The van der Waals surface area contributed by atoms with Gasteiger partial charge in [0.2, 0.25) is 5.54 Å². The number of rotatable bonds is 2. The molecule has 1 fully saturated rings. The van der Waals surface area contributed by atoms with Gasteiger partial charge in [-0.3, -0.25) is 9.36 Å². The Balaban J connectivity index is 1.82. The van der Waals surface area contributed by atoms with Crippen molar-refractivity contribution in [3.63, 3.8) is 0 Å². The molecule has 0 bridgehead atoms. The average molecular weight is 438 g/mol. The molecule has 156 valence electrons. The van der Waals surface area contributed by atoms with Crippen LogP contribution in [0.15, 0.2) is 29.3 Å². The smallest absolute Gasteiger partial charge is 0.383 e. The van der Waals surface area contributed by atoms with Crippen molar-refractivity contribution in [2.24, 2.45) is 5.92 Å². The van der Waals surface area contributed by atoms with Gasteiger partial charge in [0.1, 0.15) is 12.1 Å². The van der Waals surface area contributed by atoms with Gasteiger partial charge in [-0.1, -0.05) is 23.4 Å². The molecule has 4 rings (SSSR count). The number of amides is 2. The van der Waals surface area contributed by atoms with Crippen molar-refractivity contribution >= 4 is 29.1 Å². The monoisotopic (exact) mass is 437 g/mol. The Kier molecular flexibility index (Phi) is 4.66. The fraction of sp³-hybridized carbons (Fsp3) is 0.316. The van der Waals surface area contributed by atoms with E-state index in [0.717, 1.165) is 25.0 Å². The first-order valence-electron chi connectivity index (χ1n) is 8.92. The third kappa shape index (κ3) is 3.57. The van der Waals surface area contributed by atoms with E-state index in [-0.39, 0.29) is 34.6 Å². The molecule has 2 amide bonds. The number of hydrogen-bond acceptors (Lipinski definition) is 4. The zero-order valence-electron chi connectivity index (χ0n) is 15.3. The lowest BCUT2D eigenvalue weighted by atomic mass is 9.85. The lowest BCUT2D eigenvalue weighted by molar-refractivity contribution is -0.178. The number of nitrogens with zero attached hydrogens (tertiary/aromatic N) is 2. The summed E-state index contributed by atoms with van der Waals surface area (Å²) < 4.78 is 43.6. The molecule has 7 nitrogen and oxygen atoms in total. The summed E-state index contributed by atoms with van der Waals surface area (Å²) in [4.78, 5) is 27.9. The number of carbonyl (C=O) groups excluding carboxylic acids is 1. The van der Waals surface area contributed by atoms with Gasteiger partial charge >= 0.3 is 12.2 Å². The Hall–Kier alpha value is -3.19. The molecule has 0 radical (unpaired) electrons. The number of nitrogen functional groups attached to an aromatic ring is 1. The highest BCUT2D eigenvalue weighted by atomic mass is 35.5. The summed E-state index contributed by atoms with van der Waals surface area (Å²) >= 11 is 6.27. The number of carbonyl (C=O) groups is 1. The zero-order valence-corrected chi connectivity index (χ0v) is 16.1. The van der Waals surface area contributed by atoms with Gasteiger partial charge in [0.15, 0.2) is 0 Å². The Bertz CT molecular complexity index is 1160. The molecule has 11 heteroatoms. The Labute approximate surface area is 173 Å². The van der Waals surface area contributed by atoms with Crippen LogP contribution in [0, 0.1) is 17.8 Å². The third-order valence-corrected chi connectivity index (χ3v) is 5.20. The van der Waals surface area contributed by atoms with Crippen LogP contribution >= 0.6 is 11.6 Å². The number of alkyl halides is 3. The van der Waals surface area contributed by atoms with E-state index in [4.69, 9.17) is 17.3 Å². The molecule has 0 spiro atoms. The minimum atomic E-state index is -4.88. The summed E-state index contributed by atoms with van der Waals surface area (Å²) in [6.07, 6.45) is -2.23. The molecular formula is C19H15ClF3N5O2. The number of fused-ring (bicyclic) bond motifs is 1. The number of urea groups is 1. The van der Waals surface area contributed by atoms with Gasteiger partial charge in [-0.2, -0.15) is 13.2 Å². The minimum absolute atomic E-state index is 0.0164. The lowest BCUT2D eigenvalue weighted by Crippen LogP contribution is -2.59. The van der Waals surface area contributed by atoms with E-state index in [1.807, 2.05) is 5.32 Å². The number of hydrogen-bond donors (Lipinski definition) is 3. The van der Waals surface area contributed by atoms with Crippen LogP contribution in [0.3, 0.4) is 0 Å². The van der Waals surface area contributed by atoms with Crippen molar-refractivity contribution in [2.45, 2.75) is 31.1 Å². The highest BCUT2D eigenvalue weighted by Gasteiger charge is 2.59. The molecule has 30 heavy (non-hydrogen) atoms. The summed E-state index contributed by atoms with van der Waals surface area (Å²) in [6, 6.07) is 2.49.